The highest BCUT2D eigenvalue weighted by atomic mass is 16.3. The van der Waals surface area contributed by atoms with Gasteiger partial charge >= 0.3 is 0 Å². The van der Waals surface area contributed by atoms with E-state index in [9.17, 15) is 9.59 Å². The molecule has 3 saturated heterocycles. The Morgan fingerprint density at radius 2 is 1.48 bits per heavy atom. The van der Waals surface area contributed by atoms with Crippen molar-refractivity contribution in [3.63, 3.8) is 0 Å². The summed E-state index contributed by atoms with van der Waals surface area (Å²) in [5, 5.41) is 10.2. The van der Waals surface area contributed by atoms with Gasteiger partial charge < -0.3 is 19.8 Å². The van der Waals surface area contributed by atoms with E-state index in [1.54, 1.807) is 7.05 Å². The number of ketones is 2. The zero-order valence-electron chi connectivity index (χ0n) is 12.1. The van der Waals surface area contributed by atoms with E-state index in [0.29, 0.717) is 17.1 Å². The number of nitrogens with zero attached hydrogens (tertiary/aromatic N) is 3. The second kappa shape index (κ2) is 5.50. The molecule has 0 unspecified atom stereocenters. The maximum absolute atomic E-state index is 12.4. The van der Waals surface area contributed by atoms with E-state index in [-0.39, 0.29) is 18.3 Å². The predicted octanol–water partition coefficient (Wildman–Crippen LogP) is -1.66. The van der Waals surface area contributed by atoms with Gasteiger partial charge in [-0.15, -0.1) is 0 Å². The Labute approximate surface area is 123 Å². The largest absolute Gasteiger partial charge is 0.381 e. The molecule has 1 aliphatic carbocycles. The van der Waals surface area contributed by atoms with Crippen molar-refractivity contribution in [1.82, 2.24) is 20.0 Å². The van der Waals surface area contributed by atoms with Crippen LogP contribution in [0, 0.1) is 0 Å². The minimum atomic E-state index is 0.00546. The molecule has 4 aliphatic rings. The Morgan fingerprint density at radius 1 is 1.00 bits per heavy atom. The summed E-state index contributed by atoms with van der Waals surface area (Å²) < 4.78 is 0. The first-order valence-corrected chi connectivity index (χ1v) is 7.22. The Morgan fingerprint density at radius 3 is 1.90 bits per heavy atom. The van der Waals surface area contributed by atoms with Crippen molar-refractivity contribution < 1.29 is 14.7 Å². The van der Waals surface area contributed by atoms with Crippen LogP contribution in [0.3, 0.4) is 0 Å². The number of allylic oxidation sites excluding steroid dienone is 1. The summed E-state index contributed by atoms with van der Waals surface area (Å²) >= 11 is 0. The van der Waals surface area contributed by atoms with Gasteiger partial charge in [0.25, 0.3) is 0 Å². The SMILES string of the molecule is CNCO.O=C1C=C(N2CC2)C(=O)C(N2CC2)=C1N1CC1. The average molecular weight is 292 g/mol. The summed E-state index contributed by atoms with van der Waals surface area (Å²) in [6.45, 7) is 5.48. The molecule has 0 bridgehead atoms. The van der Waals surface area contributed by atoms with Crippen molar-refractivity contribution in [3.8, 4) is 0 Å². The lowest BCUT2D eigenvalue weighted by Crippen LogP contribution is -2.29. The molecule has 0 aromatic carbocycles. The summed E-state index contributed by atoms with van der Waals surface area (Å²) in [5.41, 5.74) is 1.89. The number of hydrogen-bond acceptors (Lipinski definition) is 7. The van der Waals surface area contributed by atoms with E-state index in [1.165, 1.54) is 6.08 Å². The number of carbonyl (C=O) groups is 2. The molecular formula is C14H20N4O3. The van der Waals surface area contributed by atoms with Gasteiger partial charge in [-0.2, -0.15) is 0 Å². The Kier molecular flexibility index (Phi) is 3.69. The van der Waals surface area contributed by atoms with Crippen LogP contribution in [0.1, 0.15) is 0 Å². The molecule has 0 aromatic rings. The van der Waals surface area contributed by atoms with Crippen molar-refractivity contribution >= 4 is 11.6 Å². The summed E-state index contributed by atoms with van der Waals surface area (Å²) in [4.78, 5) is 30.5. The number of Topliss-reactive ketones (excluding diaryl/α,β-unsaturated/α-hetero) is 1. The van der Waals surface area contributed by atoms with Crippen LogP contribution >= 0.6 is 0 Å². The molecule has 2 N–H and O–H groups in total. The van der Waals surface area contributed by atoms with E-state index in [4.69, 9.17) is 5.11 Å². The van der Waals surface area contributed by atoms with E-state index in [1.807, 2.05) is 14.7 Å². The summed E-state index contributed by atoms with van der Waals surface area (Å²) in [6, 6.07) is 0. The van der Waals surface area contributed by atoms with Crippen LogP contribution in [0.2, 0.25) is 0 Å². The molecule has 3 fully saturated rings. The van der Waals surface area contributed by atoms with Crippen LogP contribution in [-0.4, -0.2) is 84.4 Å². The lowest BCUT2D eigenvalue weighted by Gasteiger charge is -2.21. The average Bonchev–Trinajstić information content (AvgIpc) is 3.30. The Hall–Kier alpha value is -1.86. The van der Waals surface area contributed by atoms with Crippen molar-refractivity contribution in [3.05, 3.63) is 23.2 Å². The van der Waals surface area contributed by atoms with Crippen LogP contribution in [0.15, 0.2) is 23.2 Å². The molecule has 0 spiro atoms. The van der Waals surface area contributed by atoms with Gasteiger partial charge in [0.2, 0.25) is 11.6 Å². The minimum Gasteiger partial charge on any atom is -0.381 e. The molecule has 21 heavy (non-hydrogen) atoms. The van der Waals surface area contributed by atoms with Gasteiger partial charge in [0, 0.05) is 45.3 Å². The number of nitrogens with one attached hydrogen (secondary N) is 1. The molecule has 7 heteroatoms. The summed E-state index contributed by atoms with van der Waals surface area (Å²) in [7, 11) is 1.68. The lowest BCUT2D eigenvalue weighted by molar-refractivity contribution is -0.117. The summed E-state index contributed by atoms with van der Waals surface area (Å²) in [6.07, 6.45) is 1.52. The maximum Gasteiger partial charge on any atom is 0.227 e. The lowest BCUT2D eigenvalue weighted by atomic mass is 10.0. The van der Waals surface area contributed by atoms with Gasteiger partial charge in [0.1, 0.15) is 11.4 Å². The van der Waals surface area contributed by atoms with E-state index >= 15 is 0 Å². The molecule has 0 radical (unpaired) electrons. The summed E-state index contributed by atoms with van der Waals surface area (Å²) in [5.74, 6) is 0.0485. The molecule has 0 saturated carbocycles. The van der Waals surface area contributed by atoms with Crippen molar-refractivity contribution in [2.24, 2.45) is 0 Å². The van der Waals surface area contributed by atoms with Crippen LogP contribution in [0.4, 0.5) is 0 Å². The maximum atomic E-state index is 12.4. The number of aliphatic hydroxyl groups is 1. The van der Waals surface area contributed by atoms with Gasteiger partial charge in [-0.3, -0.25) is 14.9 Å². The fraction of sp³-hybridized carbons (Fsp3) is 0.571. The first kappa shape index (κ1) is 14.1. The number of aliphatic hydroxyl groups excluding tert-OH is 1. The topological polar surface area (TPSA) is 75.4 Å². The highest BCUT2D eigenvalue weighted by molar-refractivity contribution is 6.22. The molecule has 0 aromatic heterocycles. The predicted molar refractivity (Wildman–Crippen MR) is 76.0 cm³/mol. The van der Waals surface area contributed by atoms with E-state index < -0.39 is 0 Å². The molecule has 7 nitrogen and oxygen atoms in total. The quantitative estimate of drug-likeness (QED) is 0.365. The Bertz CT molecular complexity index is 526. The third-order valence-corrected chi connectivity index (χ3v) is 3.65. The number of hydrogen-bond donors (Lipinski definition) is 2. The first-order chi connectivity index (χ1) is 10.2. The zero-order chi connectivity index (χ0) is 15.0. The van der Waals surface area contributed by atoms with Gasteiger partial charge in [-0.25, -0.2) is 0 Å². The van der Waals surface area contributed by atoms with Gasteiger partial charge in [0.15, 0.2) is 0 Å². The fourth-order valence-corrected chi connectivity index (χ4v) is 2.28. The third kappa shape index (κ3) is 2.93. The van der Waals surface area contributed by atoms with Crippen molar-refractivity contribution in [2.75, 3.05) is 53.0 Å². The molecular weight excluding hydrogens is 272 g/mol. The Balaban J connectivity index is 0.000000298. The molecule has 0 amide bonds. The first-order valence-electron chi connectivity index (χ1n) is 7.22. The molecule has 0 atom stereocenters. The molecule has 4 rings (SSSR count). The van der Waals surface area contributed by atoms with Gasteiger partial charge in [-0.1, -0.05) is 0 Å². The van der Waals surface area contributed by atoms with Crippen LogP contribution < -0.4 is 5.32 Å². The molecule has 3 heterocycles. The van der Waals surface area contributed by atoms with E-state index in [0.717, 1.165) is 39.3 Å². The second-order valence-corrected chi connectivity index (χ2v) is 5.39. The molecule has 3 aliphatic heterocycles. The monoisotopic (exact) mass is 292 g/mol. The standard InChI is InChI=1S/C12H13N3O2.C2H7NO/c16-9-7-8(13-1-2-13)12(17)11(15-5-6-15)10(9)14-3-4-14;1-3-2-4/h7H,1-6H2;3-4H,2H2,1H3. The van der Waals surface area contributed by atoms with E-state index in [2.05, 4.69) is 5.32 Å². The number of rotatable bonds is 4. The second-order valence-electron chi connectivity index (χ2n) is 5.39. The minimum absolute atomic E-state index is 0.00546. The van der Waals surface area contributed by atoms with Crippen molar-refractivity contribution in [1.29, 1.82) is 0 Å². The van der Waals surface area contributed by atoms with Crippen molar-refractivity contribution in [2.45, 2.75) is 0 Å². The van der Waals surface area contributed by atoms with Gasteiger partial charge in [-0.05, 0) is 7.05 Å². The smallest absolute Gasteiger partial charge is 0.227 e. The zero-order valence-corrected chi connectivity index (χ0v) is 12.1. The highest BCUT2D eigenvalue weighted by Gasteiger charge is 2.43. The number of carbonyl (C=O) groups excluding carboxylic acids is 2. The van der Waals surface area contributed by atoms with Gasteiger partial charge in [0.05, 0.1) is 12.4 Å². The normalized spacial score (nSPS) is 23.0. The van der Waals surface area contributed by atoms with Crippen LogP contribution in [-0.2, 0) is 9.59 Å². The van der Waals surface area contributed by atoms with Crippen LogP contribution in [0.25, 0.3) is 0 Å². The third-order valence-electron chi connectivity index (χ3n) is 3.65. The fourth-order valence-electron chi connectivity index (χ4n) is 2.28. The molecule has 114 valence electrons. The van der Waals surface area contributed by atoms with Crippen LogP contribution in [0.5, 0.6) is 0 Å². The highest BCUT2D eigenvalue weighted by Crippen LogP contribution is 2.33.